The molecule has 6 nitrogen and oxygen atoms in total. The van der Waals surface area contributed by atoms with E-state index in [1.807, 2.05) is 0 Å². The minimum Gasteiger partial charge on any atom is -0.465 e. The van der Waals surface area contributed by atoms with Gasteiger partial charge in [-0.25, -0.2) is 9.18 Å². The molecule has 0 atom stereocenters. The van der Waals surface area contributed by atoms with Gasteiger partial charge in [-0.3, -0.25) is 4.79 Å². The number of aryl methyl sites for hydroxylation is 1. The number of halogens is 1. The maximum Gasteiger partial charge on any atom is 0.337 e. The van der Waals surface area contributed by atoms with Gasteiger partial charge in [-0.05, 0) is 31.2 Å². The van der Waals surface area contributed by atoms with Gasteiger partial charge in [0.25, 0.3) is 0 Å². The molecule has 0 amide bonds. The first-order valence-corrected chi connectivity index (χ1v) is 8.46. The molecule has 0 saturated carbocycles. The van der Waals surface area contributed by atoms with Crippen LogP contribution >= 0.6 is 0 Å². The number of aromatic amines is 1. The predicted octanol–water partition coefficient (Wildman–Crippen LogP) is 4.29. The van der Waals surface area contributed by atoms with Crippen LogP contribution in [0, 0.1) is 12.7 Å². The quantitative estimate of drug-likeness (QED) is 0.423. The summed E-state index contributed by atoms with van der Waals surface area (Å²) in [6.07, 6.45) is 1.57. The molecule has 7 heteroatoms. The van der Waals surface area contributed by atoms with Gasteiger partial charge in [-0.15, -0.1) is 0 Å². The van der Waals surface area contributed by atoms with Gasteiger partial charge in [-0.1, -0.05) is 23.4 Å². The molecule has 2 aromatic carbocycles. The van der Waals surface area contributed by atoms with Crippen LogP contribution in [0.1, 0.15) is 32.0 Å². The minimum absolute atomic E-state index is 0.267. The van der Waals surface area contributed by atoms with E-state index in [9.17, 15) is 14.0 Å². The lowest BCUT2D eigenvalue weighted by Gasteiger charge is -2.03. The van der Waals surface area contributed by atoms with Gasteiger partial charge in [0, 0.05) is 28.2 Å². The molecule has 0 saturated heterocycles. The number of hydrogen-bond donors (Lipinski definition) is 1. The lowest BCUT2D eigenvalue weighted by molar-refractivity contribution is 0.0600. The third-order valence-corrected chi connectivity index (χ3v) is 4.54. The molecule has 0 unspecified atom stereocenters. The number of ketones is 1. The van der Waals surface area contributed by atoms with Crippen molar-refractivity contribution in [2.75, 3.05) is 7.11 Å². The molecular weight excluding hydrogens is 363 g/mol. The summed E-state index contributed by atoms with van der Waals surface area (Å²) in [6, 6.07) is 10.7. The van der Waals surface area contributed by atoms with Crippen LogP contribution in [-0.2, 0) is 4.74 Å². The zero-order valence-corrected chi connectivity index (χ0v) is 15.1. The van der Waals surface area contributed by atoms with Gasteiger partial charge in [0.1, 0.15) is 17.3 Å². The maximum atomic E-state index is 13.6. The van der Waals surface area contributed by atoms with Crippen molar-refractivity contribution < 1.29 is 23.2 Å². The van der Waals surface area contributed by atoms with E-state index in [1.54, 1.807) is 43.5 Å². The number of nitrogens with zero attached hydrogens (tertiary/aromatic N) is 1. The van der Waals surface area contributed by atoms with E-state index in [1.165, 1.54) is 19.2 Å². The van der Waals surface area contributed by atoms with E-state index in [0.29, 0.717) is 33.4 Å². The summed E-state index contributed by atoms with van der Waals surface area (Å²) < 4.78 is 23.6. The number of methoxy groups -OCH3 is 1. The molecule has 0 aliphatic carbocycles. The molecule has 2 heterocycles. The van der Waals surface area contributed by atoms with Crippen LogP contribution in [0.5, 0.6) is 0 Å². The smallest absolute Gasteiger partial charge is 0.337 e. The lowest BCUT2D eigenvalue weighted by atomic mass is 9.97. The van der Waals surface area contributed by atoms with Crippen LogP contribution in [0.3, 0.4) is 0 Å². The topological polar surface area (TPSA) is 85.2 Å². The number of carbonyl (C=O) groups is 2. The number of fused-ring (bicyclic) bond motifs is 1. The molecule has 0 aliphatic rings. The molecule has 0 radical (unpaired) electrons. The van der Waals surface area contributed by atoms with E-state index in [4.69, 9.17) is 9.26 Å². The van der Waals surface area contributed by atoms with Crippen LogP contribution in [0.2, 0.25) is 0 Å². The number of aromatic nitrogens is 2. The molecular formula is C21H15FN2O4. The van der Waals surface area contributed by atoms with Crippen molar-refractivity contribution in [2.45, 2.75) is 6.92 Å². The van der Waals surface area contributed by atoms with Crippen molar-refractivity contribution in [1.82, 2.24) is 10.1 Å². The summed E-state index contributed by atoms with van der Waals surface area (Å²) in [5.41, 5.74) is 2.39. The molecule has 0 bridgehead atoms. The number of ether oxygens (including phenoxy) is 1. The molecule has 4 aromatic rings. The van der Waals surface area contributed by atoms with Crippen LogP contribution in [0.15, 0.2) is 53.2 Å². The van der Waals surface area contributed by atoms with Crippen molar-refractivity contribution in [3.05, 3.63) is 76.9 Å². The first-order chi connectivity index (χ1) is 13.5. The highest BCUT2D eigenvalue weighted by molar-refractivity contribution is 6.19. The number of carbonyl (C=O) groups excluding carboxylic acids is 2. The zero-order chi connectivity index (χ0) is 19.8. The van der Waals surface area contributed by atoms with Crippen LogP contribution in [0.4, 0.5) is 4.39 Å². The Morgan fingerprint density at radius 2 is 2.00 bits per heavy atom. The van der Waals surface area contributed by atoms with Crippen LogP contribution < -0.4 is 0 Å². The Hall–Kier alpha value is -3.74. The predicted molar refractivity (Wildman–Crippen MR) is 99.7 cm³/mol. The lowest BCUT2D eigenvalue weighted by Crippen LogP contribution is -2.04. The Kier molecular flexibility index (Phi) is 4.27. The summed E-state index contributed by atoms with van der Waals surface area (Å²) in [5, 5.41) is 4.59. The fraction of sp³-hybridized carbons (Fsp3) is 0.0952. The second kappa shape index (κ2) is 6.77. The normalized spacial score (nSPS) is 11.0. The fourth-order valence-electron chi connectivity index (χ4n) is 3.17. The number of hydrogen-bond acceptors (Lipinski definition) is 5. The van der Waals surface area contributed by atoms with Crippen molar-refractivity contribution in [1.29, 1.82) is 0 Å². The average Bonchev–Trinajstić information content (AvgIpc) is 3.30. The zero-order valence-electron chi connectivity index (χ0n) is 15.1. The molecule has 28 heavy (non-hydrogen) atoms. The van der Waals surface area contributed by atoms with Crippen LogP contribution in [-0.4, -0.2) is 29.0 Å². The standard InChI is InChI=1S/C21H15FN2O4/c1-11-18(19(24-28-11)12-4-3-5-14(22)8-12)20(25)16-10-23-17-9-13(21(26)27-2)6-7-15(16)17/h3-10,23H,1-2H3. The van der Waals surface area contributed by atoms with E-state index < -0.39 is 11.8 Å². The number of benzene rings is 2. The Bertz CT molecular complexity index is 1220. The highest BCUT2D eigenvalue weighted by Crippen LogP contribution is 2.30. The SMILES string of the molecule is COC(=O)c1ccc2c(C(=O)c3c(-c4cccc(F)c4)noc3C)c[nH]c2c1. The first kappa shape index (κ1) is 17.7. The molecule has 0 aliphatic heterocycles. The van der Waals surface area contributed by atoms with Gasteiger partial charge in [0.15, 0.2) is 0 Å². The van der Waals surface area contributed by atoms with Gasteiger partial charge in [-0.2, -0.15) is 0 Å². The Morgan fingerprint density at radius 1 is 1.18 bits per heavy atom. The van der Waals surface area contributed by atoms with Crippen LogP contribution in [0.25, 0.3) is 22.2 Å². The molecule has 0 fully saturated rings. The second-order valence-electron chi connectivity index (χ2n) is 6.26. The highest BCUT2D eigenvalue weighted by Gasteiger charge is 2.25. The number of nitrogens with one attached hydrogen (secondary N) is 1. The highest BCUT2D eigenvalue weighted by atomic mass is 19.1. The Balaban J connectivity index is 1.81. The van der Waals surface area contributed by atoms with Crippen molar-refractivity contribution in [2.24, 2.45) is 0 Å². The molecule has 1 N–H and O–H groups in total. The summed E-state index contributed by atoms with van der Waals surface area (Å²) in [5.74, 6) is -0.869. The Labute approximate surface area is 158 Å². The van der Waals surface area contributed by atoms with E-state index in [0.717, 1.165) is 0 Å². The number of rotatable bonds is 4. The molecule has 2 aromatic heterocycles. The summed E-state index contributed by atoms with van der Waals surface area (Å²) in [4.78, 5) is 28.0. The number of H-pyrrole nitrogens is 1. The van der Waals surface area contributed by atoms with E-state index >= 15 is 0 Å². The fourth-order valence-corrected chi connectivity index (χ4v) is 3.17. The third kappa shape index (κ3) is 2.87. The molecule has 4 rings (SSSR count). The largest absolute Gasteiger partial charge is 0.465 e. The second-order valence-corrected chi connectivity index (χ2v) is 6.26. The van der Waals surface area contributed by atoms with Crippen molar-refractivity contribution in [3.8, 4) is 11.3 Å². The minimum atomic E-state index is -0.465. The van der Waals surface area contributed by atoms with Crippen molar-refractivity contribution in [3.63, 3.8) is 0 Å². The first-order valence-electron chi connectivity index (χ1n) is 8.46. The third-order valence-electron chi connectivity index (χ3n) is 4.54. The van der Waals surface area contributed by atoms with E-state index in [-0.39, 0.29) is 17.0 Å². The Morgan fingerprint density at radius 3 is 2.75 bits per heavy atom. The van der Waals surface area contributed by atoms with Gasteiger partial charge in [0.05, 0.1) is 18.2 Å². The molecule has 0 spiro atoms. The van der Waals surface area contributed by atoms with Gasteiger partial charge in [0.2, 0.25) is 5.78 Å². The van der Waals surface area contributed by atoms with Gasteiger partial charge < -0.3 is 14.2 Å². The number of esters is 1. The van der Waals surface area contributed by atoms with E-state index in [2.05, 4.69) is 10.1 Å². The van der Waals surface area contributed by atoms with Gasteiger partial charge >= 0.3 is 5.97 Å². The summed E-state index contributed by atoms with van der Waals surface area (Å²) in [7, 11) is 1.30. The molecule has 140 valence electrons. The summed E-state index contributed by atoms with van der Waals surface area (Å²) >= 11 is 0. The monoisotopic (exact) mass is 378 g/mol. The summed E-state index contributed by atoms with van der Waals surface area (Å²) in [6.45, 7) is 1.63. The average molecular weight is 378 g/mol. The maximum absolute atomic E-state index is 13.6. The van der Waals surface area contributed by atoms with Crippen molar-refractivity contribution >= 4 is 22.7 Å².